The molecule has 0 aromatic carbocycles. The Morgan fingerprint density at radius 2 is 2.06 bits per heavy atom. The fourth-order valence-corrected chi connectivity index (χ4v) is 1.84. The van der Waals surface area contributed by atoms with Crippen LogP contribution in [0.1, 0.15) is 5.69 Å². The zero-order chi connectivity index (χ0) is 11.5. The molecular weight excluding hydrogens is 274 g/mol. The average molecular weight is 288 g/mol. The number of ether oxygens (including phenoxy) is 1. The van der Waals surface area contributed by atoms with Crippen molar-refractivity contribution in [2.75, 3.05) is 36.6 Å². The first-order chi connectivity index (χ1) is 7.72. The summed E-state index contributed by atoms with van der Waals surface area (Å²) >= 11 is 3.39. The lowest BCUT2D eigenvalue weighted by atomic mass is 10.4. The van der Waals surface area contributed by atoms with Crippen LogP contribution in [0.15, 0.2) is 4.47 Å². The molecule has 6 nitrogen and oxygen atoms in total. The summed E-state index contributed by atoms with van der Waals surface area (Å²) in [5.74, 6) is 6.70. The normalized spacial score (nSPS) is 16.3. The summed E-state index contributed by atoms with van der Waals surface area (Å²) in [6.07, 6.45) is 0. The van der Waals surface area contributed by atoms with Gasteiger partial charge in [-0.15, -0.1) is 0 Å². The molecule has 1 aromatic heterocycles. The first-order valence-corrected chi connectivity index (χ1v) is 5.85. The van der Waals surface area contributed by atoms with E-state index in [1.54, 1.807) is 0 Å². The van der Waals surface area contributed by atoms with Gasteiger partial charge in [-0.1, -0.05) is 0 Å². The minimum Gasteiger partial charge on any atom is -0.378 e. The number of nitrogens with one attached hydrogen (secondary N) is 1. The Morgan fingerprint density at radius 1 is 1.38 bits per heavy atom. The highest BCUT2D eigenvalue weighted by atomic mass is 79.9. The Balaban J connectivity index is 2.29. The van der Waals surface area contributed by atoms with Crippen LogP contribution in [-0.4, -0.2) is 36.3 Å². The molecule has 1 saturated heterocycles. The van der Waals surface area contributed by atoms with E-state index in [1.165, 1.54) is 0 Å². The first-order valence-electron chi connectivity index (χ1n) is 5.06. The smallest absolute Gasteiger partial charge is 0.227 e. The lowest BCUT2D eigenvalue weighted by Gasteiger charge is -2.27. The topological polar surface area (TPSA) is 76.3 Å². The Bertz CT molecular complexity index is 380. The molecule has 0 atom stereocenters. The fraction of sp³-hybridized carbons (Fsp3) is 0.556. The van der Waals surface area contributed by atoms with Gasteiger partial charge in [0, 0.05) is 13.1 Å². The number of nitrogen functional groups attached to an aromatic ring is 1. The molecule has 2 heterocycles. The molecule has 0 amide bonds. The molecular formula is C9H14BrN5O. The molecule has 0 unspecified atom stereocenters. The summed E-state index contributed by atoms with van der Waals surface area (Å²) in [6, 6.07) is 0. The van der Waals surface area contributed by atoms with Crippen molar-refractivity contribution in [3.63, 3.8) is 0 Å². The quantitative estimate of drug-likeness (QED) is 0.615. The number of hydrogen-bond donors (Lipinski definition) is 2. The SMILES string of the molecule is Cc1nc(N2CCOCC2)nc(NN)c1Br. The van der Waals surface area contributed by atoms with Gasteiger partial charge in [0.05, 0.1) is 23.4 Å². The van der Waals surface area contributed by atoms with Crippen molar-refractivity contribution in [1.82, 2.24) is 9.97 Å². The number of anilines is 2. The zero-order valence-electron chi connectivity index (χ0n) is 9.03. The van der Waals surface area contributed by atoms with Gasteiger partial charge in [0.15, 0.2) is 5.82 Å². The van der Waals surface area contributed by atoms with Gasteiger partial charge in [-0.2, -0.15) is 4.98 Å². The third-order valence-electron chi connectivity index (χ3n) is 2.44. The third-order valence-corrected chi connectivity index (χ3v) is 3.39. The van der Waals surface area contributed by atoms with Crippen molar-refractivity contribution in [2.24, 2.45) is 5.84 Å². The van der Waals surface area contributed by atoms with Gasteiger partial charge >= 0.3 is 0 Å². The minimum absolute atomic E-state index is 0.606. The van der Waals surface area contributed by atoms with Crippen molar-refractivity contribution in [3.8, 4) is 0 Å². The molecule has 1 aromatic rings. The largest absolute Gasteiger partial charge is 0.378 e. The maximum atomic E-state index is 5.40. The van der Waals surface area contributed by atoms with Crippen molar-refractivity contribution >= 4 is 27.7 Å². The molecule has 2 rings (SSSR count). The number of halogens is 1. The fourth-order valence-electron chi connectivity index (χ4n) is 1.54. The average Bonchev–Trinajstić information content (AvgIpc) is 2.33. The Morgan fingerprint density at radius 3 is 2.69 bits per heavy atom. The van der Waals surface area contributed by atoms with E-state index in [2.05, 4.69) is 36.2 Å². The molecule has 7 heteroatoms. The summed E-state index contributed by atoms with van der Waals surface area (Å²) in [5, 5.41) is 0. The highest BCUT2D eigenvalue weighted by Crippen LogP contribution is 2.25. The van der Waals surface area contributed by atoms with Crippen molar-refractivity contribution in [2.45, 2.75) is 6.92 Å². The number of hydrogen-bond acceptors (Lipinski definition) is 6. The van der Waals surface area contributed by atoms with Gasteiger partial charge in [0.2, 0.25) is 5.95 Å². The van der Waals surface area contributed by atoms with Crippen LogP contribution in [0.2, 0.25) is 0 Å². The lowest BCUT2D eigenvalue weighted by Crippen LogP contribution is -2.37. The van der Waals surface area contributed by atoms with Gasteiger partial charge in [-0.25, -0.2) is 10.8 Å². The molecule has 1 fully saturated rings. The Kier molecular flexibility index (Phi) is 3.57. The number of morpholine rings is 1. The van der Waals surface area contributed by atoms with E-state index in [-0.39, 0.29) is 0 Å². The van der Waals surface area contributed by atoms with Gasteiger partial charge < -0.3 is 15.1 Å². The number of aryl methyl sites for hydroxylation is 1. The monoisotopic (exact) mass is 287 g/mol. The van der Waals surface area contributed by atoms with E-state index in [4.69, 9.17) is 10.6 Å². The van der Waals surface area contributed by atoms with Gasteiger partial charge in [-0.05, 0) is 22.9 Å². The predicted octanol–water partition coefficient (Wildman–Crippen LogP) is 0.670. The molecule has 88 valence electrons. The number of nitrogens with two attached hydrogens (primary N) is 1. The van der Waals surface area contributed by atoms with E-state index < -0.39 is 0 Å². The molecule has 0 radical (unpaired) electrons. The zero-order valence-corrected chi connectivity index (χ0v) is 10.6. The molecule has 0 bridgehead atoms. The molecule has 0 saturated carbocycles. The van der Waals surface area contributed by atoms with E-state index in [9.17, 15) is 0 Å². The van der Waals surface area contributed by atoms with Crippen LogP contribution in [0.3, 0.4) is 0 Å². The highest BCUT2D eigenvalue weighted by Gasteiger charge is 2.16. The summed E-state index contributed by atoms with van der Waals surface area (Å²) in [7, 11) is 0. The maximum Gasteiger partial charge on any atom is 0.227 e. The Hall–Kier alpha value is -0.920. The van der Waals surface area contributed by atoms with Crippen molar-refractivity contribution in [1.29, 1.82) is 0 Å². The second kappa shape index (κ2) is 4.94. The molecule has 0 spiro atoms. The van der Waals surface area contributed by atoms with Crippen LogP contribution in [0.25, 0.3) is 0 Å². The second-order valence-corrected chi connectivity index (χ2v) is 4.31. The number of rotatable bonds is 2. The van der Waals surface area contributed by atoms with Gasteiger partial charge in [0.25, 0.3) is 0 Å². The van der Waals surface area contributed by atoms with Crippen LogP contribution in [0.5, 0.6) is 0 Å². The standard InChI is InChI=1S/C9H14BrN5O/c1-6-7(10)8(14-11)13-9(12-6)15-2-4-16-5-3-15/h2-5,11H2,1H3,(H,12,13,14). The summed E-state index contributed by atoms with van der Waals surface area (Å²) in [5.41, 5.74) is 3.42. The van der Waals surface area contributed by atoms with Crippen LogP contribution in [0, 0.1) is 6.92 Å². The predicted molar refractivity (Wildman–Crippen MR) is 65.3 cm³/mol. The van der Waals surface area contributed by atoms with Crippen molar-refractivity contribution < 1.29 is 4.74 Å². The van der Waals surface area contributed by atoms with Crippen LogP contribution >= 0.6 is 15.9 Å². The molecule has 16 heavy (non-hydrogen) atoms. The first kappa shape index (κ1) is 11.6. The summed E-state index contributed by atoms with van der Waals surface area (Å²) < 4.78 is 6.08. The van der Waals surface area contributed by atoms with Gasteiger partial charge in [-0.3, -0.25) is 0 Å². The second-order valence-electron chi connectivity index (χ2n) is 3.52. The highest BCUT2D eigenvalue weighted by molar-refractivity contribution is 9.10. The van der Waals surface area contributed by atoms with E-state index >= 15 is 0 Å². The molecule has 1 aliphatic rings. The van der Waals surface area contributed by atoms with Crippen LogP contribution < -0.4 is 16.2 Å². The van der Waals surface area contributed by atoms with Crippen LogP contribution in [0.4, 0.5) is 11.8 Å². The number of hydrazine groups is 1. The molecule has 3 N–H and O–H groups in total. The minimum atomic E-state index is 0.606. The molecule has 0 aliphatic carbocycles. The van der Waals surface area contributed by atoms with Gasteiger partial charge in [0.1, 0.15) is 0 Å². The summed E-state index contributed by atoms with van der Waals surface area (Å²) in [4.78, 5) is 10.9. The number of aromatic nitrogens is 2. The van der Waals surface area contributed by atoms with Crippen molar-refractivity contribution in [3.05, 3.63) is 10.2 Å². The molecule has 1 aliphatic heterocycles. The summed E-state index contributed by atoms with van der Waals surface area (Å²) in [6.45, 7) is 4.96. The van der Waals surface area contributed by atoms with E-state index in [0.717, 1.165) is 23.3 Å². The lowest BCUT2D eigenvalue weighted by molar-refractivity contribution is 0.122. The maximum absolute atomic E-state index is 5.40. The Labute approximate surface area is 102 Å². The third kappa shape index (κ3) is 2.26. The van der Waals surface area contributed by atoms with E-state index in [0.29, 0.717) is 25.0 Å². The van der Waals surface area contributed by atoms with Crippen LogP contribution in [-0.2, 0) is 4.74 Å². The number of nitrogens with zero attached hydrogens (tertiary/aromatic N) is 3. The van der Waals surface area contributed by atoms with E-state index in [1.807, 2.05) is 6.92 Å².